The van der Waals surface area contributed by atoms with E-state index in [0.717, 1.165) is 33.8 Å². The number of aryl methyl sites for hydroxylation is 3. The summed E-state index contributed by atoms with van der Waals surface area (Å²) >= 11 is 0. The minimum atomic E-state index is 0.0493. The van der Waals surface area contributed by atoms with Gasteiger partial charge < -0.3 is 14.6 Å². The maximum Gasteiger partial charge on any atom is 0.125 e. The summed E-state index contributed by atoms with van der Waals surface area (Å²) in [5.74, 6) is 1.71. The normalized spacial score (nSPS) is 10.5. The molecule has 0 amide bonds. The predicted molar refractivity (Wildman–Crippen MR) is 83.9 cm³/mol. The average Bonchev–Trinajstić information content (AvgIpc) is 2.46. The maximum atomic E-state index is 9.23. The van der Waals surface area contributed by atoms with Crippen LogP contribution in [-0.2, 0) is 13.2 Å². The van der Waals surface area contributed by atoms with Crippen LogP contribution in [0.25, 0.3) is 0 Å². The van der Waals surface area contributed by atoms with Crippen molar-refractivity contribution in [2.45, 2.75) is 34.0 Å². The van der Waals surface area contributed by atoms with Crippen molar-refractivity contribution in [3.8, 4) is 11.5 Å². The molecule has 112 valence electrons. The summed E-state index contributed by atoms with van der Waals surface area (Å²) in [6.07, 6.45) is 0. The number of rotatable bonds is 5. The largest absolute Gasteiger partial charge is 0.496 e. The Hall–Kier alpha value is -2.00. The van der Waals surface area contributed by atoms with Gasteiger partial charge in [-0.2, -0.15) is 0 Å². The first kappa shape index (κ1) is 15.4. The van der Waals surface area contributed by atoms with Crippen LogP contribution in [0.2, 0.25) is 0 Å². The molecule has 0 aliphatic carbocycles. The summed E-state index contributed by atoms with van der Waals surface area (Å²) in [7, 11) is 1.67. The van der Waals surface area contributed by atoms with Crippen LogP contribution < -0.4 is 9.47 Å². The first-order chi connectivity index (χ1) is 10.0. The fourth-order valence-electron chi connectivity index (χ4n) is 2.53. The molecule has 0 fully saturated rings. The van der Waals surface area contributed by atoms with E-state index in [1.165, 1.54) is 5.56 Å². The lowest BCUT2D eigenvalue weighted by molar-refractivity contribution is 0.279. The van der Waals surface area contributed by atoms with E-state index in [-0.39, 0.29) is 6.61 Å². The molecule has 21 heavy (non-hydrogen) atoms. The Morgan fingerprint density at radius 3 is 2.24 bits per heavy atom. The molecule has 0 aliphatic rings. The number of aliphatic hydroxyl groups is 1. The second kappa shape index (κ2) is 6.64. The van der Waals surface area contributed by atoms with E-state index in [0.29, 0.717) is 6.61 Å². The molecule has 3 heteroatoms. The lowest BCUT2D eigenvalue weighted by Crippen LogP contribution is -2.02. The summed E-state index contributed by atoms with van der Waals surface area (Å²) < 4.78 is 11.4. The van der Waals surface area contributed by atoms with E-state index in [1.54, 1.807) is 7.11 Å². The number of hydrogen-bond donors (Lipinski definition) is 1. The highest BCUT2D eigenvalue weighted by Gasteiger charge is 2.09. The molecule has 0 saturated heterocycles. The van der Waals surface area contributed by atoms with Crippen molar-refractivity contribution >= 4 is 0 Å². The Balaban J connectivity index is 2.22. The van der Waals surface area contributed by atoms with Gasteiger partial charge in [-0.1, -0.05) is 23.8 Å². The smallest absolute Gasteiger partial charge is 0.125 e. The number of hydrogen-bond acceptors (Lipinski definition) is 3. The van der Waals surface area contributed by atoms with Gasteiger partial charge in [0.05, 0.1) is 13.7 Å². The van der Waals surface area contributed by atoms with Crippen molar-refractivity contribution in [2.75, 3.05) is 7.11 Å². The molecular weight excluding hydrogens is 264 g/mol. The van der Waals surface area contributed by atoms with Crippen LogP contribution in [-0.4, -0.2) is 12.2 Å². The van der Waals surface area contributed by atoms with Crippen LogP contribution in [0.3, 0.4) is 0 Å². The van der Waals surface area contributed by atoms with Gasteiger partial charge in [0.15, 0.2) is 0 Å². The monoisotopic (exact) mass is 286 g/mol. The van der Waals surface area contributed by atoms with Crippen LogP contribution in [0.15, 0.2) is 30.3 Å². The number of benzene rings is 2. The SMILES string of the molecule is COc1ccc(C)cc1COc1c(C)cc(CO)cc1C. The van der Waals surface area contributed by atoms with Gasteiger partial charge in [0.1, 0.15) is 18.1 Å². The first-order valence-electron chi connectivity index (χ1n) is 7.02. The van der Waals surface area contributed by atoms with E-state index in [9.17, 15) is 5.11 Å². The third-order valence-corrected chi connectivity index (χ3v) is 3.51. The Morgan fingerprint density at radius 1 is 1.00 bits per heavy atom. The van der Waals surface area contributed by atoms with Gasteiger partial charge in [-0.15, -0.1) is 0 Å². The highest BCUT2D eigenvalue weighted by atomic mass is 16.5. The van der Waals surface area contributed by atoms with Crippen molar-refractivity contribution in [2.24, 2.45) is 0 Å². The first-order valence-corrected chi connectivity index (χ1v) is 7.02. The molecule has 0 unspecified atom stereocenters. The van der Waals surface area contributed by atoms with Crippen LogP contribution in [0.4, 0.5) is 0 Å². The van der Waals surface area contributed by atoms with Crippen molar-refractivity contribution in [1.29, 1.82) is 0 Å². The van der Waals surface area contributed by atoms with Crippen molar-refractivity contribution in [3.63, 3.8) is 0 Å². The Labute approximate surface area is 126 Å². The lowest BCUT2D eigenvalue weighted by Gasteiger charge is -2.15. The van der Waals surface area contributed by atoms with E-state index in [1.807, 2.05) is 38.1 Å². The molecule has 1 N–H and O–H groups in total. The highest BCUT2D eigenvalue weighted by Crippen LogP contribution is 2.27. The van der Waals surface area contributed by atoms with Gasteiger partial charge >= 0.3 is 0 Å². The molecule has 0 bridgehead atoms. The summed E-state index contributed by atoms with van der Waals surface area (Å²) in [6.45, 7) is 6.55. The highest BCUT2D eigenvalue weighted by molar-refractivity contribution is 5.44. The molecule has 0 heterocycles. The molecule has 0 aliphatic heterocycles. The second-order valence-corrected chi connectivity index (χ2v) is 5.32. The molecular formula is C18H22O3. The van der Waals surface area contributed by atoms with Gasteiger partial charge in [-0.3, -0.25) is 0 Å². The fourth-order valence-corrected chi connectivity index (χ4v) is 2.53. The molecule has 0 aromatic heterocycles. The van der Waals surface area contributed by atoms with Crippen LogP contribution >= 0.6 is 0 Å². The van der Waals surface area contributed by atoms with E-state index in [2.05, 4.69) is 13.0 Å². The van der Waals surface area contributed by atoms with Crippen molar-refractivity contribution in [1.82, 2.24) is 0 Å². The topological polar surface area (TPSA) is 38.7 Å². The summed E-state index contributed by atoms with van der Waals surface area (Å²) in [5, 5.41) is 9.23. The number of aliphatic hydroxyl groups excluding tert-OH is 1. The molecule has 0 saturated carbocycles. The molecule has 0 spiro atoms. The second-order valence-electron chi connectivity index (χ2n) is 5.32. The zero-order valence-corrected chi connectivity index (χ0v) is 13.1. The van der Waals surface area contributed by atoms with Gasteiger partial charge in [-0.25, -0.2) is 0 Å². The molecule has 2 aromatic rings. The third-order valence-electron chi connectivity index (χ3n) is 3.51. The standard InChI is InChI=1S/C18H22O3/c1-12-5-6-17(20-4)16(7-12)11-21-18-13(2)8-15(10-19)9-14(18)3/h5-9,19H,10-11H2,1-4H3. The van der Waals surface area contributed by atoms with Crippen LogP contribution in [0.5, 0.6) is 11.5 Å². The minimum Gasteiger partial charge on any atom is -0.496 e. The molecule has 0 radical (unpaired) electrons. The Kier molecular flexibility index (Phi) is 4.86. The molecule has 2 aromatic carbocycles. The van der Waals surface area contributed by atoms with Gasteiger partial charge in [0.25, 0.3) is 0 Å². The predicted octanol–water partition coefficient (Wildman–Crippen LogP) is 3.69. The summed E-state index contributed by atoms with van der Waals surface area (Å²) in [6, 6.07) is 9.97. The Morgan fingerprint density at radius 2 is 1.67 bits per heavy atom. The zero-order chi connectivity index (χ0) is 15.4. The third kappa shape index (κ3) is 3.56. The van der Waals surface area contributed by atoms with Gasteiger partial charge in [0.2, 0.25) is 0 Å². The quantitative estimate of drug-likeness (QED) is 0.911. The summed E-state index contributed by atoms with van der Waals surface area (Å²) in [5.41, 5.74) is 5.18. The molecule has 2 rings (SSSR count). The lowest BCUT2D eigenvalue weighted by atomic mass is 10.1. The molecule has 0 atom stereocenters. The summed E-state index contributed by atoms with van der Waals surface area (Å²) in [4.78, 5) is 0. The van der Waals surface area contributed by atoms with E-state index in [4.69, 9.17) is 9.47 Å². The maximum absolute atomic E-state index is 9.23. The number of methoxy groups -OCH3 is 1. The van der Waals surface area contributed by atoms with Gasteiger partial charge in [-0.05, 0) is 49.6 Å². The minimum absolute atomic E-state index is 0.0493. The molecule has 3 nitrogen and oxygen atoms in total. The Bertz CT molecular complexity index is 609. The van der Waals surface area contributed by atoms with Crippen LogP contribution in [0.1, 0.15) is 27.8 Å². The van der Waals surface area contributed by atoms with Gasteiger partial charge in [0, 0.05) is 5.56 Å². The van der Waals surface area contributed by atoms with E-state index < -0.39 is 0 Å². The fraction of sp³-hybridized carbons (Fsp3) is 0.333. The zero-order valence-electron chi connectivity index (χ0n) is 13.1. The number of ether oxygens (including phenoxy) is 2. The van der Waals surface area contributed by atoms with Crippen LogP contribution in [0, 0.1) is 20.8 Å². The average molecular weight is 286 g/mol. The van der Waals surface area contributed by atoms with Crippen molar-refractivity contribution in [3.05, 3.63) is 58.1 Å². The van der Waals surface area contributed by atoms with Crippen molar-refractivity contribution < 1.29 is 14.6 Å². The van der Waals surface area contributed by atoms with E-state index >= 15 is 0 Å².